The molecule has 0 aliphatic carbocycles. The molecule has 2 aliphatic heterocycles. The number of rotatable bonds is 0. The van der Waals surface area contributed by atoms with Gasteiger partial charge in [-0.1, -0.05) is 6.42 Å². The monoisotopic (exact) mass is 157 g/mol. The van der Waals surface area contributed by atoms with Crippen LogP contribution in [0, 0.1) is 0 Å². The Bertz CT molecular complexity index is 104. The zero-order valence-corrected chi connectivity index (χ0v) is 7.12. The molecule has 1 nitrogen and oxygen atoms in total. The molecule has 0 saturated carbocycles. The van der Waals surface area contributed by atoms with Gasteiger partial charge in [0.2, 0.25) is 0 Å². The van der Waals surface area contributed by atoms with Gasteiger partial charge in [0.1, 0.15) is 0 Å². The first-order valence-electron chi connectivity index (χ1n) is 4.30. The van der Waals surface area contributed by atoms with Crippen LogP contribution in [-0.4, -0.2) is 23.6 Å². The molecule has 0 aromatic rings. The van der Waals surface area contributed by atoms with Crippen LogP contribution in [0.1, 0.15) is 25.7 Å². The van der Waals surface area contributed by atoms with Crippen LogP contribution in [0.4, 0.5) is 0 Å². The molecule has 2 saturated heterocycles. The highest BCUT2D eigenvalue weighted by atomic mass is 32.2. The molecule has 1 N–H and O–H groups in total. The molecular weight excluding hydrogens is 142 g/mol. The van der Waals surface area contributed by atoms with E-state index in [1.807, 2.05) is 0 Å². The summed E-state index contributed by atoms with van der Waals surface area (Å²) >= 11 is 2.18. The largest absolute Gasteiger partial charge is 0.313 e. The van der Waals surface area contributed by atoms with E-state index in [0.29, 0.717) is 0 Å². The zero-order chi connectivity index (χ0) is 6.81. The van der Waals surface area contributed by atoms with Crippen LogP contribution >= 0.6 is 11.8 Å². The minimum Gasteiger partial charge on any atom is -0.313 e. The highest BCUT2D eigenvalue weighted by Gasteiger charge is 2.25. The Labute approximate surface area is 67.0 Å². The fourth-order valence-electron chi connectivity index (χ4n) is 1.85. The van der Waals surface area contributed by atoms with E-state index in [0.717, 1.165) is 11.3 Å². The van der Waals surface area contributed by atoms with Gasteiger partial charge in [0, 0.05) is 17.0 Å². The van der Waals surface area contributed by atoms with E-state index >= 15 is 0 Å². The molecule has 58 valence electrons. The first kappa shape index (κ1) is 6.99. The molecule has 0 aromatic heterocycles. The van der Waals surface area contributed by atoms with Crippen molar-refractivity contribution in [3.05, 3.63) is 0 Å². The Hall–Kier alpha value is 0.310. The van der Waals surface area contributed by atoms with Crippen molar-refractivity contribution in [1.82, 2.24) is 5.32 Å². The predicted octanol–water partition coefficient (Wildman–Crippen LogP) is 1.63. The van der Waals surface area contributed by atoms with Gasteiger partial charge >= 0.3 is 0 Å². The van der Waals surface area contributed by atoms with Gasteiger partial charge in [-0.2, -0.15) is 11.8 Å². The fraction of sp³-hybridized carbons (Fsp3) is 1.00. The lowest BCUT2D eigenvalue weighted by atomic mass is 10.1. The number of hydrogen-bond donors (Lipinski definition) is 1. The van der Waals surface area contributed by atoms with Gasteiger partial charge in [0.25, 0.3) is 0 Å². The summed E-state index contributed by atoms with van der Waals surface area (Å²) in [6.45, 7) is 1.26. The SMILES string of the molecule is C1CCC2CC(CS2)NC1. The summed E-state index contributed by atoms with van der Waals surface area (Å²) < 4.78 is 0. The van der Waals surface area contributed by atoms with Crippen LogP contribution in [0.5, 0.6) is 0 Å². The quantitative estimate of drug-likeness (QED) is 0.573. The smallest absolute Gasteiger partial charge is 0.0168 e. The Morgan fingerprint density at radius 3 is 3.30 bits per heavy atom. The second kappa shape index (κ2) is 3.14. The van der Waals surface area contributed by atoms with E-state index in [2.05, 4.69) is 17.1 Å². The van der Waals surface area contributed by atoms with Crippen LogP contribution in [0.3, 0.4) is 0 Å². The molecule has 2 heterocycles. The summed E-state index contributed by atoms with van der Waals surface area (Å²) in [6, 6.07) is 0.857. The van der Waals surface area contributed by atoms with Crippen molar-refractivity contribution in [2.45, 2.75) is 37.0 Å². The van der Waals surface area contributed by atoms with E-state index in [9.17, 15) is 0 Å². The summed E-state index contributed by atoms with van der Waals surface area (Å²) in [7, 11) is 0. The summed E-state index contributed by atoms with van der Waals surface area (Å²) in [5.41, 5.74) is 0. The average Bonchev–Trinajstić information content (AvgIpc) is 2.30. The van der Waals surface area contributed by atoms with E-state index < -0.39 is 0 Å². The molecule has 0 amide bonds. The third-order valence-electron chi connectivity index (χ3n) is 2.47. The second-order valence-electron chi connectivity index (χ2n) is 3.34. The van der Waals surface area contributed by atoms with Gasteiger partial charge in [-0.25, -0.2) is 0 Å². The van der Waals surface area contributed by atoms with Gasteiger partial charge < -0.3 is 5.32 Å². The number of nitrogens with one attached hydrogen (secondary N) is 1. The highest BCUT2D eigenvalue weighted by Crippen LogP contribution is 2.31. The highest BCUT2D eigenvalue weighted by molar-refractivity contribution is 8.00. The summed E-state index contributed by atoms with van der Waals surface area (Å²) in [4.78, 5) is 0. The van der Waals surface area contributed by atoms with Crippen molar-refractivity contribution >= 4 is 11.8 Å². The summed E-state index contributed by atoms with van der Waals surface area (Å²) in [6.07, 6.45) is 5.75. The van der Waals surface area contributed by atoms with Gasteiger partial charge in [0.05, 0.1) is 0 Å². The van der Waals surface area contributed by atoms with E-state index in [1.165, 1.54) is 38.0 Å². The van der Waals surface area contributed by atoms with Crippen LogP contribution in [0.25, 0.3) is 0 Å². The molecule has 2 unspecified atom stereocenters. The Morgan fingerprint density at radius 1 is 1.30 bits per heavy atom. The first-order chi connectivity index (χ1) is 4.95. The predicted molar refractivity (Wildman–Crippen MR) is 46.5 cm³/mol. The lowest BCUT2D eigenvalue weighted by Crippen LogP contribution is -2.31. The van der Waals surface area contributed by atoms with Crippen molar-refractivity contribution in [3.63, 3.8) is 0 Å². The number of thioether (sulfide) groups is 1. The van der Waals surface area contributed by atoms with Crippen molar-refractivity contribution < 1.29 is 0 Å². The lowest BCUT2D eigenvalue weighted by molar-refractivity contribution is 0.468. The fourth-order valence-corrected chi connectivity index (χ4v) is 3.31. The van der Waals surface area contributed by atoms with Crippen molar-refractivity contribution in [2.75, 3.05) is 12.3 Å². The Balaban J connectivity index is 1.91. The van der Waals surface area contributed by atoms with E-state index in [-0.39, 0.29) is 0 Å². The van der Waals surface area contributed by atoms with Crippen molar-refractivity contribution in [1.29, 1.82) is 0 Å². The van der Waals surface area contributed by atoms with E-state index in [4.69, 9.17) is 0 Å². The molecule has 2 bridgehead atoms. The van der Waals surface area contributed by atoms with Crippen molar-refractivity contribution in [2.24, 2.45) is 0 Å². The van der Waals surface area contributed by atoms with Gasteiger partial charge in [-0.05, 0) is 25.8 Å². The van der Waals surface area contributed by atoms with Crippen LogP contribution in [0.15, 0.2) is 0 Å². The molecule has 0 radical (unpaired) electrons. The number of fused-ring (bicyclic) bond motifs is 2. The van der Waals surface area contributed by atoms with Crippen molar-refractivity contribution in [3.8, 4) is 0 Å². The van der Waals surface area contributed by atoms with E-state index in [1.54, 1.807) is 0 Å². The average molecular weight is 157 g/mol. The summed E-state index contributed by atoms with van der Waals surface area (Å²) in [5.74, 6) is 1.37. The minimum absolute atomic E-state index is 0.857. The Kier molecular flexibility index (Phi) is 2.19. The van der Waals surface area contributed by atoms with Gasteiger partial charge in [-0.15, -0.1) is 0 Å². The molecule has 2 fully saturated rings. The normalized spacial score (nSPS) is 40.8. The molecular formula is C8H15NS. The maximum Gasteiger partial charge on any atom is 0.0168 e. The lowest BCUT2D eigenvalue weighted by Gasteiger charge is -2.15. The molecule has 0 spiro atoms. The van der Waals surface area contributed by atoms with Crippen LogP contribution in [-0.2, 0) is 0 Å². The maximum absolute atomic E-state index is 3.59. The maximum atomic E-state index is 3.59. The molecule has 2 rings (SSSR count). The minimum atomic E-state index is 0.857. The summed E-state index contributed by atoms with van der Waals surface area (Å²) in [5, 5.41) is 4.59. The zero-order valence-electron chi connectivity index (χ0n) is 6.31. The third-order valence-corrected chi connectivity index (χ3v) is 3.96. The topological polar surface area (TPSA) is 12.0 Å². The third kappa shape index (κ3) is 1.48. The van der Waals surface area contributed by atoms with Gasteiger partial charge in [-0.3, -0.25) is 0 Å². The van der Waals surface area contributed by atoms with Gasteiger partial charge in [0.15, 0.2) is 0 Å². The van der Waals surface area contributed by atoms with Crippen LogP contribution < -0.4 is 5.32 Å². The molecule has 2 heteroatoms. The first-order valence-corrected chi connectivity index (χ1v) is 5.35. The molecule has 2 atom stereocenters. The second-order valence-corrected chi connectivity index (χ2v) is 4.67. The standard InChI is InChI=1S/C8H15NS/c1-2-4-9-7-5-8(3-1)10-6-7/h7-9H,1-6H2. The molecule has 2 aliphatic rings. The molecule has 10 heavy (non-hydrogen) atoms. The Morgan fingerprint density at radius 2 is 2.30 bits per heavy atom. The van der Waals surface area contributed by atoms with Crippen LogP contribution in [0.2, 0.25) is 0 Å². The number of hydrogen-bond acceptors (Lipinski definition) is 2. The molecule has 0 aromatic carbocycles.